The van der Waals surface area contributed by atoms with Crippen LogP contribution in [0.15, 0.2) is 23.6 Å². The minimum absolute atomic E-state index is 0.143. The average Bonchev–Trinajstić information content (AvgIpc) is 3.19. The minimum atomic E-state index is -0.143. The highest BCUT2D eigenvalue weighted by Crippen LogP contribution is 2.29. The molecule has 1 aliphatic carbocycles. The second-order valence-corrected chi connectivity index (χ2v) is 6.36. The lowest BCUT2D eigenvalue weighted by molar-refractivity contribution is 0.311. The first kappa shape index (κ1) is 14.0. The molecule has 0 saturated heterocycles. The van der Waals surface area contributed by atoms with Gasteiger partial charge in [0, 0.05) is 29.1 Å². The summed E-state index contributed by atoms with van der Waals surface area (Å²) in [5.74, 6) is 0.269. The Morgan fingerprint density at radius 3 is 2.90 bits per heavy atom. The van der Waals surface area contributed by atoms with E-state index < -0.39 is 0 Å². The van der Waals surface area contributed by atoms with Crippen molar-refractivity contribution in [1.82, 2.24) is 9.88 Å². The number of alkyl halides is 1. The van der Waals surface area contributed by atoms with E-state index in [1.165, 1.54) is 18.9 Å². The minimum Gasteiger partial charge on any atom is -0.299 e. The molecule has 1 heterocycles. The largest absolute Gasteiger partial charge is 0.299 e. The maximum absolute atomic E-state index is 13.9. The van der Waals surface area contributed by atoms with Crippen LogP contribution >= 0.6 is 22.9 Å². The number of halogens is 2. The molecule has 1 aliphatic rings. The Balaban J connectivity index is 1.85. The molecule has 0 spiro atoms. The molecular formula is C15H16ClFN2S. The van der Waals surface area contributed by atoms with Gasteiger partial charge in [0.25, 0.3) is 0 Å². The topological polar surface area (TPSA) is 16.1 Å². The third kappa shape index (κ3) is 3.03. The summed E-state index contributed by atoms with van der Waals surface area (Å²) >= 11 is 7.32. The lowest BCUT2D eigenvalue weighted by Gasteiger charge is -2.16. The molecule has 1 aromatic heterocycles. The third-order valence-electron chi connectivity index (χ3n) is 3.57. The van der Waals surface area contributed by atoms with Gasteiger partial charge >= 0.3 is 0 Å². The predicted molar refractivity (Wildman–Crippen MR) is 81.6 cm³/mol. The fourth-order valence-corrected chi connectivity index (χ4v) is 3.29. The van der Waals surface area contributed by atoms with E-state index >= 15 is 0 Å². The van der Waals surface area contributed by atoms with Crippen molar-refractivity contribution in [3.63, 3.8) is 0 Å². The fourth-order valence-electron chi connectivity index (χ4n) is 2.24. The monoisotopic (exact) mass is 310 g/mol. The molecule has 1 aromatic carbocycles. The van der Waals surface area contributed by atoms with Crippen LogP contribution < -0.4 is 0 Å². The van der Waals surface area contributed by atoms with Crippen molar-refractivity contribution >= 4 is 22.9 Å². The molecule has 0 atom stereocenters. The molecule has 0 N–H and O–H groups in total. The summed E-state index contributed by atoms with van der Waals surface area (Å²) in [6.45, 7) is 0.651. The van der Waals surface area contributed by atoms with Gasteiger partial charge in [0.05, 0.1) is 11.6 Å². The number of hydrogen-bond donors (Lipinski definition) is 0. The Bertz CT molecular complexity index is 610. The van der Waals surface area contributed by atoms with Gasteiger partial charge in [-0.3, -0.25) is 4.90 Å². The maximum atomic E-state index is 13.9. The van der Waals surface area contributed by atoms with Crippen LogP contribution in [0.4, 0.5) is 4.39 Å². The van der Waals surface area contributed by atoms with Crippen LogP contribution in [0.2, 0.25) is 0 Å². The molecule has 5 heteroatoms. The number of hydrogen-bond acceptors (Lipinski definition) is 3. The molecule has 0 aliphatic heterocycles. The highest BCUT2D eigenvalue weighted by Gasteiger charge is 2.26. The van der Waals surface area contributed by atoms with Gasteiger partial charge in [0.2, 0.25) is 0 Å². The van der Waals surface area contributed by atoms with Crippen LogP contribution in [0.5, 0.6) is 0 Å². The molecule has 0 bridgehead atoms. The summed E-state index contributed by atoms with van der Waals surface area (Å²) in [4.78, 5) is 6.66. The maximum Gasteiger partial charge on any atom is 0.127 e. The molecule has 106 valence electrons. The van der Waals surface area contributed by atoms with Crippen molar-refractivity contribution in [3.05, 3.63) is 40.7 Å². The van der Waals surface area contributed by atoms with E-state index in [4.69, 9.17) is 11.6 Å². The number of benzene rings is 1. The van der Waals surface area contributed by atoms with Gasteiger partial charge in [-0.1, -0.05) is 0 Å². The van der Waals surface area contributed by atoms with Crippen LogP contribution in [0.25, 0.3) is 10.6 Å². The van der Waals surface area contributed by atoms with Gasteiger partial charge < -0.3 is 0 Å². The van der Waals surface area contributed by atoms with Crippen molar-refractivity contribution in [1.29, 1.82) is 0 Å². The van der Waals surface area contributed by atoms with E-state index in [0.717, 1.165) is 21.8 Å². The molecule has 3 rings (SSSR count). The Hall–Kier alpha value is -0.970. The van der Waals surface area contributed by atoms with E-state index in [2.05, 4.69) is 16.9 Å². The molecule has 0 unspecified atom stereocenters. The molecule has 0 radical (unpaired) electrons. The van der Waals surface area contributed by atoms with Crippen LogP contribution in [-0.2, 0) is 12.4 Å². The fraction of sp³-hybridized carbons (Fsp3) is 0.400. The summed E-state index contributed by atoms with van der Waals surface area (Å²) < 4.78 is 13.9. The molecule has 2 aromatic rings. The first-order valence-electron chi connectivity index (χ1n) is 6.67. The summed E-state index contributed by atoms with van der Waals surface area (Å²) in [6, 6.07) is 5.85. The van der Waals surface area contributed by atoms with Gasteiger partial charge in [-0.25, -0.2) is 9.37 Å². The zero-order chi connectivity index (χ0) is 14.1. The number of thiazole rings is 1. The third-order valence-corrected chi connectivity index (χ3v) is 4.79. The summed E-state index contributed by atoms with van der Waals surface area (Å²) in [7, 11) is 2.05. The molecule has 2 nitrogen and oxygen atoms in total. The van der Waals surface area contributed by atoms with Gasteiger partial charge in [0.1, 0.15) is 10.8 Å². The predicted octanol–water partition coefficient (Wildman–Crippen LogP) is 4.28. The van der Waals surface area contributed by atoms with E-state index in [1.807, 2.05) is 11.4 Å². The van der Waals surface area contributed by atoms with Crippen molar-refractivity contribution in [2.45, 2.75) is 31.3 Å². The van der Waals surface area contributed by atoms with Crippen LogP contribution in [0.1, 0.15) is 24.1 Å². The smallest absolute Gasteiger partial charge is 0.127 e. The van der Waals surface area contributed by atoms with Gasteiger partial charge in [-0.2, -0.15) is 0 Å². The van der Waals surface area contributed by atoms with E-state index in [1.54, 1.807) is 17.4 Å². The lowest BCUT2D eigenvalue weighted by Crippen LogP contribution is -2.20. The van der Waals surface area contributed by atoms with Crippen molar-refractivity contribution in [3.8, 4) is 10.6 Å². The summed E-state index contributed by atoms with van der Waals surface area (Å²) in [6.07, 6.45) is 2.45. The Morgan fingerprint density at radius 2 is 2.25 bits per heavy atom. The van der Waals surface area contributed by atoms with Gasteiger partial charge in [0.15, 0.2) is 0 Å². The second-order valence-electron chi connectivity index (χ2n) is 5.23. The van der Waals surface area contributed by atoms with E-state index in [-0.39, 0.29) is 5.82 Å². The van der Waals surface area contributed by atoms with Crippen LogP contribution in [0, 0.1) is 5.82 Å². The quantitative estimate of drug-likeness (QED) is 0.766. The SMILES string of the molecule is CN(Cc1cc(-c2nc(CCl)cs2)ccc1F)C1CC1. The molecule has 20 heavy (non-hydrogen) atoms. The number of aromatic nitrogens is 1. The number of nitrogens with zero attached hydrogens (tertiary/aromatic N) is 2. The van der Waals surface area contributed by atoms with E-state index in [9.17, 15) is 4.39 Å². The zero-order valence-electron chi connectivity index (χ0n) is 11.3. The molecule has 1 fully saturated rings. The second kappa shape index (κ2) is 5.80. The van der Waals surface area contributed by atoms with Crippen molar-refractivity contribution < 1.29 is 4.39 Å². The lowest BCUT2D eigenvalue weighted by atomic mass is 10.1. The highest BCUT2D eigenvalue weighted by molar-refractivity contribution is 7.13. The first-order chi connectivity index (χ1) is 9.67. The van der Waals surface area contributed by atoms with Crippen LogP contribution in [-0.4, -0.2) is 23.0 Å². The van der Waals surface area contributed by atoms with Crippen LogP contribution in [0.3, 0.4) is 0 Å². The van der Waals surface area contributed by atoms with Crippen molar-refractivity contribution in [2.75, 3.05) is 7.05 Å². The molecular weight excluding hydrogens is 295 g/mol. The van der Waals surface area contributed by atoms with Gasteiger partial charge in [-0.15, -0.1) is 22.9 Å². The average molecular weight is 311 g/mol. The Morgan fingerprint density at radius 1 is 1.45 bits per heavy atom. The standard InChI is InChI=1S/C15H16ClFN2S/c1-19(13-3-4-13)8-11-6-10(2-5-14(11)17)15-18-12(7-16)9-20-15/h2,5-6,9,13H,3-4,7-8H2,1H3. The van der Waals surface area contributed by atoms with E-state index in [0.29, 0.717) is 18.5 Å². The number of rotatable bonds is 5. The zero-order valence-corrected chi connectivity index (χ0v) is 12.8. The highest BCUT2D eigenvalue weighted by atomic mass is 35.5. The van der Waals surface area contributed by atoms with Gasteiger partial charge in [-0.05, 0) is 38.1 Å². The molecule has 1 saturated carbocycles. The van der Waals surface area contributed by atoms with Crippen molar-refractivity contribution in [2.24, 2.45) is 0 Å². The normalized spacial score (nSPS) is 15.0. The Labute approximate surface area is 127 Å². The Kier molecular flexibility index (Phi) is 4.06. The molecule has 0 amide bonds. The first-order valence-corrected chi connectivity index (χ1v) is 8.08. The summed E-state index contributed by atoms with van der Waals surface area (Å²) in [5.41, 5.74) is 2.57. The summed E-state index contributed by atoms with van der Waals surface area (Å²) in [5, 5.41) is 2.85.